The van der Waals surface area contributed by atoms with Crippen molar-refractivity contribution in [1.82, 2.24) is 10.3 Å². The summed E-state index contributed by atoms with van der Waals surface area (Å²) in [6.45, 7) is 6.52. The van der Waals surface area contributed by atoms with Crippen molar-refractivity contribution < 1.29 is 9.59 Å². The molecule has 1 aromatic heterocycles. The number of aromatic nitrogens is 1. The van der Waals surface area contributed by atoms with E-state index in [1.54, 1.807) is 6.20 Å². The molecule has 0 aliphatic carbocycles. The van der Waals surface area contributed by atoms with Crippen LogP contribution in [-0.4, -0.2) is 36.3 Å². The quantitative estimate of drug-likeness (QED) is 0.338. The van der Waals surface area contributed by atoms with E-state index in [9.17, 15) is 9.59 Å². The maximum absolute atomic E-state index is 12.8. The number of benzene rings is 2. The third kappa shape index (κ3) is 5.46. The van der Waals surface area contributed by atoms with Gasteiger partial charge < -0.3 is 10.2 Å². The Kier molecular flexibility index (Phi) is 7.94. The van der Waals surface area contributed by atoms with E-state index >= 15 is 0 Å². The number of amides is 1. The van der Waals surface area contributed by atoms with Gasteiger partial charge in [-0.15, -0.1) is 0 Å². The van der Waals surface area contributed by atoms with Crippen LogP contribution in [0.25, 0.3) is 10.9 Å². The fraction of sp³-hybridized carbons (Fsp3) is 0.414. The summed E-state index contributed by atoms with van der Waals surface area (Å²) in [6.07, 6.45) is 6.75. The molecule has 1 saturated heterocycles. The van der Waals surface area contributed by atoms with Gasteiger partial charge in [-0.2, -0.15) is 0 Å². The summed E-state index contributed by atoms with van der Waals surface area (Å²) in [7, 11) is 0. The highest BCUT2D eigenvalue weighted by atomic mass is 16.2. The summed E-state index contributed by atoms with van der Waals surface area (Å²) in [5.41, 5.74) is 5.00. The van der Waals surface area contributed by atoms with Gasteiger partial charge in [0, 0.05) is 54.8 Å². The predicted octanol–water partition coefficient (Wildman–Crippen LogP) is 5.55. The summed E-state index contributed by atoms with van der Waals surface area (Å²) in [5.74, 6) is 0.418. The molecule has 34 heavy (non-hydrogen) atoms. The maximum atomic E-state index is 12.8. The average molecular weight is 458 g/mol. The number of hydrogen-bond acceptors (Lipinski definition) is 4. The minimum Gasteiger partial charge on any atom is -0.371 e. The molecule has 1 aliphatic rings. The van der Waals surface area contributed by atoms with E-state index in [0.717, 1.165) is 73.0 Å². The third-order valence-corrected chi connectivity index (χ3v) is 6.87. The van der Waals surface area contributed by atoms with Crippen molar-refractivity contribution in [2.75, 3.05) is 24.5 Å². The van der Waals surface area contributed by atoms with Crippen LogP contribution in [0.4, 0.5) is 5.69 Å². The Balaban J connectivity index is 1.58. The van der Waals surface area contributed by atoms with Gasteiger partial charge in [-0.1, -0.05) is 50.6 Å². The van der Waals surface area contributed by atoms with Crippen molar-refractivity contribution in [1.29, 1.82) is 0 Å². The van der Waals surface area contributed by atoms with Gasteiger partial charge in [0.15, 0.2) is 5.78 Å². The normalized spacial score (nSPS) is 14.4. The first kappa shape index (κ1) is 23.9. The highest BCUT2D eigenvalue weighted by Gasteiger charge is 2.25. The van der Waals surface area contributed by atoms with Gasteiger partial charge in [-0.3, -0.25) is 14.6 Å². The topological polar surface area (TPSA) is 62.3 Å². The van der Waals surface area contributed by atoms with Crippen LogP contribution in [0.15, 0.2) is 54.7 Å². The largest absolute Gasteiger partial charge is 0.371 e. The fourth-order valence-electron chi connectivity index (χ4n) is 4.79. The van der Waals surface area contributed by atoms with Crippen LogP contribution in [0.1, 0.15) is 67.4 Å². The fourth-order valence-corrected chi connectivity index (χ4v) is 4.79. The molecule has 0 radical (unpaired) electrons. The molecule has 0 atom stereocenters. The van der Waals surface area contributed by atoms with Gasteiger partial charge in [0.05, 0.1) is 5.52 Å². The smallest absolute Gasteiger partial charge is 0.223 e. The van der Waals surface area contributed by atoms with Gasteiger partial charge in [0.25, 0.3) is 0 Å². The molecule has 2 heterocycles. The number of carbonyl (C=O) groups is 2. The average Bonchev–Trinajstić information content (AvgIpc) is 2.89. The van der Waals surface area contributed by atoms with Gasteiger partial charge in [0.1, 0.15) is 0 Å². The van der Waals surface area contributed by atoms with Crippen LogP contribution >= 0.6 is 0 Å². The number of carbonyl (C=O) groups excluding carboxylic acids is 2. The van der Waals surface area contributed by atoms with Crippen LogP contribution in [0, 0.1) is 5.92 Å². The van der Waals surface area contributed by atoms with Crippen molar-refractivity contribution in [3.8, 4) is 0 Å². The SMILES string of the molecule is CCCCNC(=O)C1CCN(c2ccc3ncc(C(=O)CC)c(Cc4ccccc4)c3c2)CC1. The molecule has 3 aromatic rings. The lowest BCUT2D eigenvalue weighted by molar-refractivity contribution is -0.125. The second-order valence-corrected chi connectivity index (χ2v) is 9.20. The number of fused-ring (bicyclic) bond motifs is 1. The van der Waals surface area contributed by atoms with Crippen molar-refractivity contribution in [2.45, 2.75) is 52.4 Å². The minimum atomic E-state index is 0.0950. The Morgan fingerprint density at radius 2 is 1.82 bits per heavy atom. The summed E-state index contributed by atoms with van der Waals surface area (Å²) in [5, 5.41) is 4.13. The lowest BCUT2D eigenvalue weighted by Crippen LogP contribution is -2.40. The molecule has 4 rings (SSSR count). The molecular weight excluding hydrogens is 422 g/mol. The first-order chi connectivity index (χ1) is 16.6. The zero-order valence-electron chi connectivity index (χ0n) is 20.3. The number of hydrogen-bond donors (Lipinski definition) is 1. The second-order valence-electron chi connectivity index (χ2n) is 9.20. The van der Waals surface area contributed by atoms with Crippen molar-refractivity contribution in [3.63, 3.8) is 0 Å². The number of anilines is 1. The highest BCUT2D eigenvalue weighted by molar-refractivity contribution is 6.02. The van der Waals surface area contributed by atoms with Crippen LogP contribution in [-0.2, 0) is 11.2 Å². The second kappa shape index (κ2) is 11.3. The molecule has 0 spiro atoms. The Morgan fingerprint density at radius 1 is 1.06 bits per heavy atom. The molecular formula is C29H35N3O2. The Morgan fingerprint density at radius 3 is 2.53 bits per heavy atom. The summed E-state index contributed by atoms with van der Waals surface area (Å²) in [4.78, 5) is 32.2. The minimum absolute atomic E-state index is 0.0950. The Hall–Kier alpha value is -3.21. The van der Waals surface area contributed by atoms with E-state index in [0.29, 0.717) is 12.8 Å². The molecule has 1 N–H and O–H groups in total. The van der Waals surface area contributed by atoms with Crippen LogP contribution in [0.2, 0.25) is 0 Å². The number of piperidine rings is 1. The summed E-state index contributed by atoms with van der Waals surface area (Å²) >= 11 is 0. The molecule has 5 nitrogen and oxygen atoms in total. The molecule has 5 heteroatoms. The highest BCUT2D eigenvalue weighted by Crippen LogP contribution is 2.30. The molecule has 2 aromatic carbocycles. The first-order valence-electron chi connectivity index (χ1n) is 12.6. The van der Waals surface area contributed by atoms with Gasteiger partial charge >= 0.3 is 0 Å². The number of unbranched alkanes of at least 4 members (excludes halogenated alkanes) is 1. The molecule has 1 fully saturated rings. The number of rotatable bonds is 9. The van der Waals surface area contributed by atoms with Crippen LogP contribution < -0.4 is 10.2 Å². The van der Waals surface area contributed by atoms with Crippen molar-refractivity contribution >= 4 is 28.3 Å². The monoisotopic (exact) mass is 457 g/mol. The number of nitrogens with zero attached hydrogens (tertiary/aromatic N) is 2. The molecule has 0 bridgehead atoms. The Bertz CT molecular complexity index is 1130. The number of ketones is 1. The molecule has 0 saturated carbocycles. The molecule has 1 amide bonds. The maximum Gasteiger partial charge on any atom is 0.223 e. The molecule has 0 unspecified atom stereocenters. The van der Waals surface area contributed by atoms with E-state index in [1.165, 1.54) is 5.56 Å². The van der Waals surface area contributed by atoms with Crippen molar-refractivity contribution in [3.05, 3.63) is 71.4 Å². The first-order valence-corrected chi connectivity index (χ1v) is 12.6. The number of pyridine rings is 1. The van der Waals surface area contributed by atoms with E-state index in [4.69, 9.17) is 0 Å². The van der Waals surface area contributed by atoms with E-state index in [2.05, 4.69) is 52.5 Å². The van der Waals surface area contributed by atoms with E-state index < -0.39 is 0 Å². The van der Waals surface area contributed by atoms with Crippen molar-refractivity contribution in [2.24, 2.45) is 5.92 Å². The standard InChI is InChI=1S/C29H35N3O2/c1-3-5-15-30-29(34)22-13-16-32(17-14-22)23-11-12-27-25(19-23)24(18-21-9-7-6-8-10-21)26(20-31-27)28(33)4-2/h6-12,19-20,22H,3-5,13-18H2,1-2H3,(H,30,34). The number of nitrogens with one attached hydrogen (secondary N) is 1. The van der Waals surface area contributed by atoms with Crippen LogP contribution in [0.3, 0.4) is 0 Å². The van der Waals surface area contributed by atoms with Gasteiger partial charge in [0.2, 0.25) is 5.91 Å². The third-order valence-electron chi connectivity index (χ3n) is 6.87. The predicted molar refractivity (Wildman–Crippen MR) is 138 cm³/mol. The number of Topliss-reactive ketones (excluding diaryl/α,β-unsaturated/α-hetero) is 1. The lowest BCUT2D eigenvalue weighted by Gasteiger charge is -2.33. The van der Waals surface area contributed by atoms with Gasteiger partial charge in [-0.05, 0) is 55.0 Å². The zero-order chi connectivity index (χ0) is 23.9. The zero-order valence-corrected chi connectivity index (χ0v) is 20.3. The van der Waals surface area contributed by atoms with E-state index in [-0.39, 0.29) is 17.6 Å². The molecule has 178 valence electrons. The summed E-state index contributed by atoms with van der Waals surface area (Å²) < 4.78 is 0. The van der Waals surface area contributed by atoms with E-state index in [1.807, 2.05) is 25.1 Å². The van der Waals surface area contributed by atoms with Gasteiger partial charge in [-0.25, -0.2) is 0 Å². The Labute approximate surface area is 202 Å². The lowest BCUT2D eigenvalue weighted by atomic mass is 9.93. The molecule has 1 aliphatic heterocycles. The summed E-state index contributed by atoms with van der Waals surface area (Å²) in [6, 6.07) is 16.7. The van der Waals surface area contributed by atoms with Crippen LogP contribution in [0.5, 0.6) is 0 Å².